The molecule has 0 aliphatic rings. The van der Waals surface area contributed by atoms with E-state index in [9.17, 15) is 23.5 Å². The van der Waals surface area contributed by atoms with Crippen LogP contribution in [0.3, 0.4) is 0 Å². The predicted octanol–water partition coefficient (Wildman–Crippen LogP) is 5.15. The second-order valence-corrected chi connectivity index (χ2v) is 17.9. The lowest BCUT2D eigenvalue weighted by molar-refractivity contribution is -0.0344. The summed E-state index contributed by atoms with van der Waals surface area (Å²) in [6.45, 7) is 17.4. The average molecular weight is 1040 g/mol. The smallest absolute Gasteiger partial charge is 0.432 e. The third kappa shape index (κ3) is 23.8. The van der Waals surface area contributed by atoms with E-state index < -0.39 is 72.1 Å². The Balaban J connectivity index is 0.000000439. The molecule has 0 amide bonds. The normalized spacial score (nSPS) is 11.3. The van der Waals surface area contributed by atoms with E-state index in [-0.39, 0.29) is 43.8 Å². The number of nitrogens with zero attached hydrogens (tertiary/aromatic N) is 8. The zero-order valence-corrected chi connectivity index (χ0v) is 41.3. The second-order valence-electron chi connectivity index (χ2n) is 14.1. The molecular formula is C37H59ClN12O17P2. The van der Waals surface area contributed by atoms with Gasteiger partial charge in [0.15, 0.2) is 40.0 Å². The molecule has 4 rings (SSSR count). The molecule has 0 fully saturated rings. The molecule has 4 aromatic rings. The summed E-state index contributed by atoms with van der Waals surface area (Å²) in [5.74, 6) is 1.09. The summed E-state index contributed by atoms with van der Waals surface area (Å²) in [5, 5.41) is 6.06. The van der Waals surface area contributed by atoms with Crippen LogP contribution in [-0.2, 0) is 69.2 Å². The van der Waals surface area contributed by atoms with Crippen molar-refractivity contribution in [2.75, 3.05) is 80.8 Å². The summed E-state index contributed by atoms with van der Waals surface area (Å²) in [4.78, 5) is 75.9. The van der Waals surface area contributed by atoms with E-state index >= 15 is 0 Å². The number of fused-ring (bicyclic) bond motifs is 2. The maximum atomic E-state index is 13.1. The molecule has 29 nitrogen and oxygen atoms in total. The van der Waals surface area contributed by atoms with E-state index in [0.717, 1.165) is 0 Å². The minimum Gasteiger partial charge on any atom is -0.432 e. The van der Waals surface area contributed by atoms with Crippen LogP contribution in [0.1, 0.15) is 41.5 Å². The van der Waals surface area contributed by atoms with E-state index in [1.54, 1.807) is 69.2 Å². The number of halogens is 1. The van der Waals surface area contributed by atoms with Gasteiger partial charge in [-0.3, -0.25) is 18.2 Å². The molecule has 386 valence electrons. The number of ether oxygens (including phenoxy) is 8. The van der Waals surface area contributed by atoms with Gasteiger partial charge in [-0.15, -0.1) is 13.2 Å². The fourth-order valence-electron chi connectivity index (χ4n) is 4.66. The molecule has 0 saturated carbocycles. The van der Waals surface area contributed by atoms with Crippen LogP contribution in [0.25, 0.3) is 22.3 Å². The van der Waals surface area contributed by atoms with Crippen LogP contribution < -0.4 is 22.1 Å². The van der Waals surface area contributed by atoms with Crippen molar-refractivity contribution < 1.29 is 80.2 Å². The zero-order chi connectivity index (χ0) is 51.6. The predicted molar refractivity (Wildman–Crippen MR) is 249 cm³/mol. The van der Waals surface area contributed by atoms with Crippen LogP contribution in [0.4, 0.5) is 37.9 Å². The average Bonchev–Trinajstić information content (AvgIpc) is 3.85. The number of aromatic nitrogens is 8. The number of nitrogen functional groups attached to an aromatic ring is 2. The Morgan fingerprint density at radius 2 is 1.09 bits per heavy atom. The number of rotatable bonds is 26. The lowest BCUT2D eigenvalue weighted by atomic mass is 10.4. The molecule has 0 radical (unpaired) electrons. The molecular weight excluding hydrogens is 982 g/mol. The van der Waals surface area contributed by atoms with Crippen LogP contribution in [-0.4, -0.2) is 144 Å². The van der Waals surface area contributed by atoms with Gasteiger partial charge in [0.05, 0.1) is 44.2 Å². The van der Waals surface area contributed by atoms with Gasteiger partial charge < -0.3 is 78.9 Å². The van der Waals surface area contributed by atoms with Gasteiger partial charge in [-0.2, -0.15) is 19.9 Å². The minimum absolute atomic E-state index is 0.0218. The van der Waals surface area contributed by atoms with Gasteiger partial charge in [0, 0.05) is 26.2 Å². The third-order valence-electron chi connectivity index (χ3n) is 7.27. The van der Waals surface area contributed by atoms with E-state index in [4.69, 9.17) is 70.3 Å². The Labute approximate surface area is 401 Å². The Hall–Kier alpha value is -5.90. The number of nitrogens with one attached hydrogen (secondary N) is 2. The van der Waals surface area contributed by atoms with Crippen molar-refractivity contribution >= 4 is 91.1 Å². The lowest BCUT2D eigenvalue weighted by Gasteiger charge is -2.19. The third-order valence-corrected chi connectivity index (χ3v) is 9.40. The van der Waals surface area contributed by atoms with Crippen molar-refractivity contribution in [1.82, 2.24) is 39.0 Å². The molecule has 0 unspecified atom stereocenters. The summed E-state index contributed by atoms with van der Waals surface area (Å²) in [6.07, 6.45) is 1.43. The molecule has 0 spiro atoms. The van der Waals surface area contributed by atoms with Gasteiger partial charge in [-0.05, 0) is 41.5 Å². The van der Waals surface area contributed by atoms with Crippen molar-refractivity contribution in [3.63, 3.8) is 0 Å². The first-order valence-electron chi connectivity index (χ1n) is 20.4. The Kier molecular flexibility index (Phi) is 26.2. The van der Waals surface area contributed by atoms with E-state index in [0.29, 0.717) is 53.6 Å². The number of imidazole rings is 2. The van der Waals surface area contributed by atoms with Crippen molar-refractivity contribution in [2.45, 2.75) is 72.9 Å². The van der Waals surface area contributed by atoms with Crippen LogP contribution in [0, 0.1) is 0 Å². The van der Waals surface area contributed by atoms with Gasteiger partial charge in [-0.25, -0.2) is 24.4 Å². The molecule has 69 heavy (non-hydrogen) atoms. The highest BCUT2D eigenvalue weighted by Crippen LogP contribution is 2.48. The maximum Gasteiger partial charge on any atom is 0.510 e. The van der Waals surface area contributed by atoms with Crippen LogP contribution in [0.5, 0.6) is 0 Å². The number of hydrogen-bond donors (Lipinski definition) is 6. The first-order valence-corrected chi connectivity index (χ1v) is 24.5. The largest absolute Gasteiger partial charge is 0.510 e. The van der Waals surface area contributed by atoms with Gasteiger partial charge in [0.1, 0.15) is 12.7 Å². The van der Waals surface area contributed by atoms with Crippen LogP contribution in [0.15, 0.2) is 38.0 Å². The number of anilines is 4. The Bertz CT molecular complexity index is 2320. The number of carbonyl (C=O) groups excluding carboxylic acids is 3. The summed E-state index contributed by atoms with van der Waals surface area (Å²) in [7, 11) is -8.22. The molecule has 4 aromatic heterocycles. The summed E-state index contributed by atoms with van der Waals surface area (Å²) in [6, 6.07) is -0.161. The highest BCUT2D eigenvalue weighted by Gasteiger charge is 2.28. The monoisotopic (exact) mass is 1040 g/mol. The number of hydrogen-bond acceptors (Lipinski definition) is 25. The molecule has 8 N–H and O–H groups in total. The van der Waals surface area contributed by atoms with Gasteiger partial charge in [0.2, 0.25) is 25.5 Å². The SMILES string of the molecule is C=CCNc1nc(N)nc2c1ncn2CCOCP(=O)(O)O.C=CCNc1nc(N)nc2c1ncn2CCOCP(=O)(OCOC(=O)OC(C)C)OCOC(=O)OC(C)C.CC(C)OC(=O)OCCl. The van der Waals surface area contributed by atoms with Crippen molar-refractivity contribution in [3.8, 4) is 0 Å². The topological polar surface area (TPSA) is 381 Å². The summed E-state index contributed by atoms with van der Waals surface area (Å²) in [5.41, 5.74) is 13.5. The van der Waals surface area contributed by atoms with Crippen molar-refractivity contribution in [1.29, 1.82) is 0 Å². The Morgan fingerprint density at radius 3 is 1.45 bits per heavy atom. The fourth-order valence-corrected chi connectivity index (χ4v) is 6.12. The zero-order valence-electron chi connectivity index (χ0n) is 38.8. The number of carbonyl (C=O) groups is 3. The van der Waals surface area contributed by atoms with E-state index in [1.165, 1.54) is 6.33 Å². The summed E-state index contributed by atoms with van der Waals surface area (Å²) < 4.78 is 75.6. The quantitative estimate of drug-likeness (QED) is 0.00900. The molecule has 0 atom stereocenters. The fraction of sp³-hybridized carbons (Fsp3) is 0.541. The molecule has 0 bridgehead atoms. The highest BCUT2D eigenvalue weighted by atomic mass is 35.5. The highest BCUT2D eigenvalue weighted by molar-refractivity contribution is 7.53. The van der Waals surface area contributed by atoms with Gasteiger partial charge in [0.25, 0.3) is 0 Å². The van der Waals surface area contributed by atoms with Crippen LogP contribution >= 0.6 is 26.8 Å². The lowest BCUT2D eigenvalue weighted by Crippen LogP contribution is -2.17. The molecule has 0 aliphatic heterocycles. The summed E-state index contributed by atoms with van der Waals surface area (Å²) >= 11 is 5.06. The standard InChI is InChI=1S/C21H33N6O10P.C11H17N6O4P.C5H9ClO3/c1-6-7-23-17-16-18(26-19(22)25-17)27(10-24-16)8-9-31-13-38(30,34-11-32-20(28)36-14(2)3)35-12-33-21(29)37-15(4)5;1-2-3-13-9-8-10(16-11(12)15-9)17(6-14-8)4-5-21-7-22(18,19)20;1-4(2)9-5(7)8-3-6/h6,10,14-15H,1,7-9,11-13H2,2-5H3,(H3,22,23,25,26);2,6H,1,3-5,7H2,(H2,18,19,20)(H3,12,13,15,16);4H,3H2,1-2H3. The van der Waals surface area contributed by atoms with E-state index in [1.807, 2.05) is 0 Å². The second kappa shape index (κ2) is 30.6. The first-order chi connectivity index (χ1) is 32.6. The van der Waals surface area contributed by atoms with Crippen LogP contribution in [0.2, 0.25) is 0 Å². The molecule has 0 aliphatic carbocycles. The number of alkyl halides is 1. The van der Waals surface area contributed by atoms with Gasteiger partial charge >= 0.3 is 33.7 Å². The molecule has 0 saturated heterocycles. The minimum atomic E-state index is -4.16. The van der Waals surface area contributed by atoms with Gasteiger partial charge in [-0.1, -0.05) is 23.8 Å². The molecule has 4 heterocycles. The van der Waals surface area contributed by atoms with Crippen molar-refractivity contribution in [2.24, 2.45) is 0 Å². The Morgan fingerprint density at radius 1 is 0.696 bits per heavy atom. The molecule has 32 heteroatoms. The number of nitrogens with two attached hydrogens (primary N) is 2. The molecule has 0 aromatic carbocycles. The first kappa shape index (κ1) is 59.2. The van der Waals surface area contributed by atoms with E-state index in [2.05, 4.69) is 63.2 Å². The van der Waals surface area contributed by atoms with Crippen molar-refractivity contribution in [3.05, 3.63) is 38.0 Å². The maximum absolute atomic E-state index is 13.1.